The largest absolute Gasteiger partial charge is 0.381 e. The van der Waals surface area contributed by atoms with Crippen LogP contribution in [0.3, 0.4) is 0 Å². The van der Waals surface area contributed by atoms with Gasteiger partial charge >= 0.3 is 0 Å². The van der Waals surface area contributed by atoms with E-state index >= 15 is 0 Å². The molecule has 9 nitrogen and oxygen atoms in total. The van der Waals surface area contributed by atoms with Crippen molar-refractivity contribution in [2.75, 3.05) is 0 Å². The van der Waals surface area contributed by atoms with Crippen LogP contribution in [-0.4, -0.2) is 51.0 Å². The van der Waals surface area contributed by atoms with Crippen molar-refractivity contribution < 1.29 is 19.5 Å². The number of imide groups is 1. The van der Waals surface area contributed by atoms with Crippen LogP contribution in [-0.2, 0) is 20.8 Å². The smallest absolute Gasteiger partial charge is 0.257 e. The van der Waals surface area contributed by atoms with E-state index < -0.39 is 35.9 Å². The van der Waals surface area contributed by atoms with Crippen molar-refractivity contribution in [2.24, 2.45) is 17.6 Å². The molecule has 9 heteroatoms. The van der Waals surface area contributed by atoms with E-state index in [0.717, 1.165) is 0 Å². The lowest BCUT2D eigenvalue weighted by Crippen LogP contribution is -2.55. The number of imidazole rings is 1. The molecule has 3 atom stereocenters. The Bertz CT molecular complexity index is 615. The molecule has 0 saturated heterocycles. The maximum absolute atomic E-state index is 12.4. The fourth-order valence-electron chi connectivity index (χ4n) is 2.61. The van der Waals surface area contributed by atoms with Crippen LogP contribution in [0.25, 0.3) is 0 Å². The maximum atomic E-state index is 12.4. The number of aromatic amines is 1. The van der Waals surface area contributed by atoms with Crippen molar-refractivity contribution in [3.8, 4) is 0 Å². The summed E-state index contributed by atoms with van der Waals surface area (Å²) in [6.45, 7) is 7.50. The fourth-order valence-corrected chi connectivity index (χ4v) is 2.61. The zero-order valence-electron chi connectivity index (χ0n) is 16.4. The number of carbonyl (C=O) groups is 3. The van der Waals surface area contributed by atoms with Crippen molar-refractivity contribution in [1.82, 2.24) is 20.6 Å². The predicted molar refractivity (Wildman–Crippen MR) is 100 cm³/mol. The van der Waals surface area contributed by atoms with E-state index in [9.17, 15) is 19.5 Å². The fraction of sp³-hybridized carbons (Fsp3) is 0.667. The van der Waals surface area contributed by atoms with Gasteiger partial charge in [0.05, 0.1) is 18.4 Å². The first-order valence-electron chi connectivity index (χ1n) is 9.15. The van der Waals surface area contributed by atoms with Gasteiger partial charge in [0.25, 0.3) is 5.91 Å². The molecular formula is C18H31N5O4. The summed E-state index contributed by atoms with van der Waals surface area (Å²) in [6.07, 6.45) is 2.29. The lowest BCUT2D eigenvalue weighted by Gasteiger charge is -2.26. The van der Waals surface area contributed by atoms with Crippen molar-refractivity contribution in [3.05, 3.63) is 18.2 Å². The zero-order chi connectivity index (χ0) is 20.6. The Morgan fingerprint density at radius 3 is 2.37 bits per heavy atom. The second-order valence-electron chi connectivity index (χ2n) is 7.59. The monoisotopic (exact) mass is 381 g/mol. The number of aliphatic hydroxyl groups excluding tert-OH is 1. The molecular weight excluding hydrogens is 350 g/mol. The summed E-state index contributed by atoms with van der Waals surface area (Å²) in [4.78, 5) is 43.1. The molecule has 0 spiro atoms. The molecule has 0 radical (unpaired) electrons. The second-order valence-corrected chi connectivity index (χ2v) is 7.59. The summed E-state index contributed by atoms with van der Waals surface area (Å²) in [5, 5.41) is 15.2. The van der Waals surface area contributed by atoms with E-state index in [0.29, 0.717) is 12.1 Å². The Morgan fingerprint density at radius 2 is 1.85 bits per heavy atom. The number of amides is 3. The van der Waals surface area contributed by atoms with Gasteiger partial charge in [-0.15, -0.1) is 0 Å². The van der Waals surface area contributed by atoms with Crippen LogP contribution in [0.15, 0.2) is 12.5 Å². The molecule has 1 unspecified atom stereocenters. The Hall–Kier alpha value is -2.26. The average Bonchev–Trinajstić information content (AvgIpc) is 3.04. The van der Waals surface area contributed by atoms with Crippen LogP contribution in [0.4, 0.5) is 0 Å². The molecule has 0 saturated carbocycles. The quantitative estimate of drug-likeness (QED) is 0.381. The van der Waals surface area contributed by atoms with Crippen LogP contribution in [0.1, 0.15) is 46.2 Å². The molecule has 1 aromatic rings. The summed E-state index contributed by atoms with van der Waals surface area (Å²) >= 11 is 0. The minimum Gasteiger partial charge on any atom is -0.381 e. The molecule has 1 heterocycles. The molecule has 0 aliphatic rings. The number of rotatable bonds is 10. The summed E-state index contributed by atoms with van der Waals surface area (Å²) < 4.78 is 0. The van der Waals surface area contributed by atoms with Crippen molar-refractivity contribution in [2.45, 2.75) is 65.1 Å². The number of carbonyl (C=O) groups excluding carboxylic acids is 3. The molecule has 0 fully saturated rings. The van der Waals surface area contributed by atoms with Gasteiger partial charge in [0.1, 0.15) is 0 Å². The highest BCUT2D eigenvalue weighted by molar-refractivity contribution is 5.97. The first kappa shape index (κ1) is 22.8. The Labute approximate surface area is 159 Å². The number of hydrogen-bond acceptors (Lipinski definition) is 6. The van der Waals surface area contributed by atoms with Gasteiger partial charge in [-0.25, -0.2) is 4.98 Å². The highest BCUT2D eigenvalue weighted by Crippen LogP contribution is 2.10. The number of nitrogens with two attached hydrogens (primary N) is 1. The number of aromatic nitrogens is 2. The maximum Gasteiger partial charge on any atom is 0.257 e. The highest BCUT2D eigenvalue weighted by atomic mass is 16.3. The zero-order valence-corrected chi connectivity index (χ0v) is 16.4. The molecule has 0 aromatic carbocycles. The topological polar surface area (TPSA) is 150 Å². The summed E-state index contributed by atoms with van der Waals surface area (Å²) in [7, 11) is 0. The number of H-pyrrole nitrogens is 1. The first-order valence-corrected chi connectivity index (χ1v) is 9.15. The Kier molecular flexibility index (Phi) is 9.10. The summed E-state index contributed by atoms with van der Waals surface area (Å²) in [5.41, 5.74) is 6.61. The number of nitrogens with zero attached hydrogens (tertiary/aromatic N) is 1. The summed E-state index contributed by atoms with van der Waals surface area (Å²) in [5.74, 6) is -1.58. The standard InChI is InChI=1S/C18H31N5O4/c1-10(2)5-14(16(25)18(27)23-15(24)6-11(3)4)22-17(26)13(19)7-12-8-20-9-21-12/h8-11,13-14,16,25H,5-7,19H2,1-4H3,(H,20,21)(H,22,26)(H,23,24,27)/t13-,14-,16?/m0/s1. The average molecular weight is 381 g/mol. The molecule has 1 aromatic heterocycles. The molecule has 6 N–H and O–H groups in total. The highest BCUT2D eigenvalue weighted by Gasteiger charge is 2.30. The van der Waals surface area contributed by atoms with Crippen LogP contribution in [0.5, 0.6) is 0 Å². The van der Waals surface area contributed by atoms with E-state index in [2.05, 4.69) is 20.6 Å². The van der Waals surface area contributed by atoms with Gasteiger partial charge in [0, 0.05) is 24.7 Å². The Balaban J connectivity index is 2.71. The third kappa shape index (κ3) is 8.31. The van der Waals surface area contributed by atoms with E-state index in [1.165, 1.54) is 6.33 Å². The van der Waals surface area contributed by atoms with Gasteiger partial charge in [-0.3, -0.25) is 19.7 Å². The van der Waals surface area contributed by atoms with Gasteiger partial charge in [0.2, 0.25) is 11.8 Å². The van der Waals surface area contributed by atoms with Crippen molar-refractivity contribution >= 4 is 17.7 Å². The number of hydrogen-bond donors (Lipinski definition) is 5. The third-order valence-electron chi connectivity index (χ3n) is 3.89. The first-order chi connectivity index (χ1) is 12.6. The van der Waals surface area contributed by atoms with Gasteiger partial charge in [-0.2, -0.15) is 0 Å². The second kappa shape index (κ2) is 10.8. The molecule has 27 heavy (non-hydrogen) atoms. The van der Waals surface area contributed by atoms with E-state index in [-0.39, 0.29) is 24.7 Å². The molecule has 0 aliphatic heterocycles. The van der Waals surface area contributed by atoms with Crippen molar-refractivity contribution in [1.29, 1.82) is 0 Å². The van der Waals surface area contributed by atoms with Gasteiger partial charge in [-0.1, -0.05) is 27.7 Å². The lowest BCUT2D eigenvalue weighted by molar-refractivity contribution is -0.137. The third-order valence-corrected chi connectivity index (χ3v) is 3.89. The number of aliphatic hydroxyl groups is 1. The van der Waals surface area contributed by atoms with Gasteiger partial charge < -0.3 is 21.1 Å². The molecule has 152 valence electrons. The minimum absolute atomic E-state index is 0.0848. The lowest BCUT2D eigenvalue weighted by atomic mass is 9.97. The van der Waals surface area contributed by atoms with Crippen LogP contribution >= 0.6 is 0 Å². The van der Waals surface area contributed by atoms with E-state index in [1.807, 2.05) is 27.7 Å². The number of nitrogens with one attached hydrogen (secondary N) is 3. The minimum atomic E-state index is -1.55. The van der Waals surface area contributed by atoms with Gasteiger partial charge in [0.15, 0.2) is 6.10 Å². The van der Waals surface area contributed by atoms with E-state index in [4.69, 9.17) is 5.73 Å². The molecule has 3 amide bonds. The summed E-state index contributed by atoms with van der Waals surface area (Å²) in [6, 6.07) is -1.71. The SMILES string of the molecule is CC(C)CC(=O)NC(=O)C(O)[C@H](CC(C)C)NC(=O)[C@@H](N)Cc1cnc[nH]1. The van der Waals surface area contributed by atoms with Crippen LogP contribution in [0, 0.1) is 11.8 Å². The van der Waals surface area contributed by atoms with Crippen LogP contribution in [0.2, 0.25) is 0 Å². The van der Waals surface area contributed by atoms with Crippen molar-refractivity contribution in [3.63, 3.8) is 0 Å². The Morgan fingerprint density at radius 1 is 1.19 bits per heavy atom. The van der Waals surface area contributed by atoms with Crippen LogP contribution < -0.4 is 16.4 Å². The normalized spacial score (nSPS) is 14.7. The molecule has 1 rings (SSSR count). The molecule has 0 bridgehead atoms. The predicted octanol–water partition coefficient (Wildman–Crippen LogP) is -0.140. The molecule has 0 aliphatic carbocycles. The van der Waals surface area contributed by atoms with Gasteiger partial charge in [-0.05, 0) is 18.3 Å². The van der Waals surface area contributed by atoms with E-state index in [1.54, 1.807) is 6.20 Å².